The Morgan fingerprint density at radius 2 is 2.17 bits per heavy atom. The highest BCUT2D eigenvalue weighted by molar-refractivity contribution is 5.92. The van der Waals surface area contributed by atoms with Crippen molar-refractivity contribution in [1.29, 1.82) is 0 Å². The zero-order chi connectivity index (χ0) is 8.55. The summed E-state index contributed by atoms with van der Waals surface area (Å²) in [6.07, 6.45) is 2.98. The van der Waals surface area contributed by atoms with Crippen LogP contribution in [0.4, 0.5) is 0 Å². The Labute approximate surface area is 70.5 Å². The van der Waals surface area contributed by atoms with Crippen LogP contribution in [0.5, 0.6) is 0 Å². The Balaban J connectivity index is 2.11. The predicted octanol–water partition coefficient (Wildman–Crippen LogP) is -0.0757. The van der Waals surface area contributed by atoms with E-state index in [1.807, 2.05) is 4.90 Å². The average Bonchev–Trinajstić information content (AvgIpc) is 2.04. The molecule has 2 aliphatic heterocycles. The molecule has 12 heavy (non-hydrogen) atoms. The normalized spacial score (nSPS) is 31.2. The van der Waals surface area contributed by atoms with Crippen LogP contribution in [-0.4, -0.2) is 36.0 Å². The van der Waals surface area contributed by atoms with Gasteiger partial charge in [0.25, 0.3) is 0 Å². The second-order valence-corrected chi connectivity index (χ2v) is 3.28. The van der Waals surface area contributed by atoms with Crippen LogP contribution in [-0.2, 0) is 14.3 Å². The van der Waals surface area contributed by atoms with E-state index in [1.54, 1.807) is 0 Å². The molecular formula is C8H11NO3. The van der Waals surface area contributed by atoms with Crippen LogP contribution in [0.1, 0.15) is 19.3 Å². The van der Waals surface area contributed by atoms with E-state index in [0.717, 1.165) is 25.8 Å². The third-order valence-corrected chi connectivity index (χ3v) is 2.43. The number of morpholine rings is 1. The van der Waals surface area contributed by atoms with Crippen LogP contribution in [0, 0.1) is 0 Å². The van der Waals surface area contributed by atoms with Crippen LogP contribution in [0.3, 0.4) is 0 Å². The van der Waals surface area contributed by atoms with Crippen LogP contribution in [0.15, 0.2) is 0 Å². The third kappa shape index (κ3) is 1.22. The molecular weight excluding hydrogens is 158 g/mol. The molecule has 0 spiro atoms. The SMILES string of the molecule is O=C1CN2CCCCC2C(=O)O1. The van der Waals surface area contributed by atoms with Crippen molar-refractivity contribution in [3.63, 3.8) is 0 Å². The molecule has 0 amide bonds. The fourth-order valence-corrected chi connectivity index (χ4v) is 1.83. The minimum Gasteiger partial charge on any atom is -0.391 e. The summed E-state index contributed by atoms with van der Waals surface area (Å²) < 4.78 is 4.54. The minimum atomic E-state index is -0.404. The number of rotatable bonds is 0. The predicted molar refractivity (Wildman–Crippen MR) is 40.3 cm³/mol. The quantitative estimate of drug-likeness (QED) is 0.376. The lowest BCUT2D eigenvalue weighted by atomic mass is 10.0. The van der Waals surface area contributed by atoms with E-state index in [1.165, 1.54) is 0 Å². The summed E-state index contributed by atoms with van der Waals surface area (Å²) in [6, 6.07) is -0.142. The average molecular weight is 169 g/mol. The standard InChI is InChI=1S/C8H11NO3/c10-7-5-9-4-2-1-3-6(9)8(11)12-7/h6H,1-5H2. The molecule has 0 N–H and O–H groups in total. The highest BCUT2D eigenvalue weighted by atomic mass is 16.6. The first-order valence-electron chi connectivity index (χ1n) is 4.26. The highest BCUT2D eigenvalue weighted by Crippen LogP contribution is 2.20. The second kappa shape index (κ2) is 2.86. The first-order valence-corrected chi connectivity index (χ1v) is 4.26. The molecule has 2 heterocycles. The Kier molecular flexibility index (Phi) is 1.84. The van der Waals surface area contributed by atoms with Gasteiger partial charge in [-0.1, -0.05) is 6.42 Å². The lowest BCUT2D eigenvalue weighted by molar-refractivity contribution is -0.173. The topological polar surface area (TPSA) is 46.6 Å². The molecule has 2 aliphatic rings. The number of hydrogen-bond acceptors (Lipinski definition) is 4. The Morgan fingerprint density at radius 3 is 3.00 bits per heavy atom. The molecule has 2 saturated heterocycles. The van der Waals surface area contributed by atoms with Crippen molar-refractivity contribution >= 4 is 11.9 Å². The van der Waals surface area contributed by atoms with Gasteiger partial charge < -0.3 is 4.74 Å². The molecule has 1 unspecified atom stereocenters. The zero-order valence-corrected chi connectivity index (χ0v) is 6.78. The lowest BCUT2D eigenvalue weighted by Crippen LogP contribution is -2.53. The summed E-state index contributed by atoms with van der Waals surface area (Å²) in [4.78, 5) is 23.9. The lowest BCUT2D eigenvalue weighted by Gasteiger charge is -2.35. The largest absolute Gasteiger partial charge is 0.391 e. The van der Waals surface area contributed by atoms with E-state index in [-0.39, 0.29) is 18.6 Å². The molecule has 0 saturated carbocycles. The summed E-state index contributed by atoms with van der Waals surface area (Å²) >= 11 is 0. The van der Waals surface area contributed by atoms with Gasteiger partial charge in [-0.3, -0.25) is 9.69 Å². The van der Waals surface area contributed by atoms with Crippen LogP contribution < -0.4 is 0 Å². The van der Waals surface area contributed by atoms with E-state index >= 15 is 0 Å². The van der Waals surface area contributed by atoms with Gasteiger partial charge in [-0.05, 0) is 19.4 Å². The van der Waals surface area contributed by atoms with Crippen molar-refractivity contribution in [2.24, 2.45) is 0 Å². The monoisotopic (exact) mass is 169 g/mol. The summed E-state index contributed by atoms with van der Waals surface area (Å²) in [5, 5.41) is 0. The molecule has 4 nitrogen and oxygen atoms in total. The van der Waals surface area contributed by atoms with Crippen LogP contribution >= 0.6 is 0 Å². The van der Waals surface area contributed by atoms with Gasteiger partial charge in [-0.2, -0.15) is 0 Å². The van der Waals surface area contributed by atoms with Gasteiger partial charge in [0.1, 0.15) is 6.04 Å². The Hall–Kier alpha value is -0.900. The molecule has 0 aromatic heterocycles. The first kappa shape index (κ1) is 7.73. The number of carbonyl (C=O) groups excluding carboxylic acids is 2. The van der Waals surface area contributed by atoms with E-state index in [4.69, 9.17) is 0 Å². The summed E-state index contributed by atoms with van der Waals surface area (Å²) in [6.45, 7) is 1.14. The van der Waals surface area contributed by atoms with Gasteiger partial charge in [-0.25, -0.2) is 4.79 Å². The number of hydrogen-bond donors (Lipinski definition) is 0. The van der Waals surface area contributed by atoms with Gasteiger partial charge in [0, 0.05) is 0 Å². The summed E-state index contributed by atoms with van der Waals surface area (Å²) in [7, 11) is 0. The number of carbonyl (C=O) groups is 2. The van der Waals surface area contributed by atoms with Crippen molar-refractivity contribution in [1.82, 2.24) is 4.90 Å². The van der Waals surface area contributed by atoms with Gasteiger partial charge in [-0.15, -0.1) is 0 Å². The summed E-state index contributed by atoms with van der Waals surface area (Å²) in [5.74, 6) is -0.760. The Bertz CT molecular complexity index is 226. The molecule has 0 aromatic carbocycles. The fraction of sp³-hybridized carbons (Fsp3) is 0.750. The minimum absolute atomic E-state index is 0.142. The molecule has 2 rings (SSSR count). The third-order valence-electron chi connectivity index (χ3n) is 2.43. The maximum Gasteiger partial charge on any atom is 0.331 e. The number of cyclic esters (lactones) is 2. The maximum absolute atomic E-state index is 11.2. The molecule has 0 bridgehead atoms. The summed E-state index contributed by atoms with van der Waals surface area (Å²) in [5.41, 5.74) is 0. The fourth-order valence-electron chi connectivity index (χ4n) is 1.83. The first-order chi connectivity index (χ1) is 5.77. The van der Waals surface area contributed by atoms with Crippen molar-refractivity contribution in [2.45, 2.75) is 25.3 Å². The van der Waals surface area contributed by atoms with Crippen molar-refractivity contribution in [3.8, 4) is 0 Å². The molecule has 2 fully saturated rings. The molecule has 0 radical (unpaired) electrons. The smallest absolute Gasteiger partial charge is 0.331 e. The van der Waals surface area contributed by atoms with Crippen molar-refractivity contribution in [2.75, 3.05) is 13.1 Å². The van der Waals surface area contributed by atoms with Gasteiger partial charge in [0.15, 0.2) is 0 Å². The van der Waals surface area contributed by atoms with E-state index < -0.39 is 5.97 Å². The molecule has 0 aliphatic carbocycles. The number of piperidine rings is 1. The molecule has 66 valence electrons. The van der Waals surface area contributed by atoms with E-state index in [9.17, 15) is 9.59 Å². The van der Waals surface area contributed by atoms with E-state index in [2.05, 4.69) is 4.74 Å². The second-order valence-electron chi connectivity index (χ2n) is 3.28. The molecule has 1 atom stereocenters. The Morgan fingerprint density at radius 1 is 1.33 bits per heavy atom. The molecule has 0 aromatic rings. The van der Waals surface area contributed by atoms with Crippen molar-refractivity contribution in [3.05, 3.63) is 0 Å². The van der Waals surface area contributed by atoms with E-state index in [0.29, 0.717) is 0 Å². The van der Waals surface area contributed by atoms with Crippen LogP contribution in [0.25, 0.3) is 0 Å². The van der Waals surface area contributed by atoms with Crippen molar-refractivity contribution < 1.29 is 14.3 Å². The number of fused-ring (bicyclic) bond motifs is 1. The number of ether oxygens (including phenoxy) is 1. The number of esters is 2. The van der Waals surface area contributed by atoms with Gasteiger partial charge in [0.05, 0.1) is 6.54 Å². The zero-order valence-electron chi connectivity index (χ0n) is 6.78. The van der Waals surface area contributed by atoms with Gasteiger partial charge >= 0.3 is 11.9 Å². The maximum atomic E-state index is 11.2. The molecule has 4 heteroatoms. The van der Waals surface area contributed by atoms with Gasteiger partial charge in [0.2, 0.25) is 0 Å². The number of nitrogens with zero attached hydrogens (tertiary/aromatic N) is 1. The highest BCUT2D eigenvalue weighted by Gasteiger charge is 2.36. The van der Waals surface area contributed by atoms with Crippen LogP contribution in [0.2, 0.25) is 0 Å².